The number of para-hydroxylation sites is 2. The highest BCUT2D eigenvalue weighted by Crippen LogP contribution is 2.25. The van der Waals surface area contributed by atoms with Crippen molar-refractivity contribution in [3.63, 3.8) is 0 Å². The molecular weight excluding hydrogens is 186 g/mol. The lowest BCUT2D eigenvalue weighted by molar-refractivity contribution is 0.300. The minimum absolute atomic E-state index is 0.573. The summed E-state index contributed by atoms with van der Waals surface area (Å²) in [7, 11) is 1.62. The molecule has 0 saturated carbocycles. The zero-order chi connectivity index (χ0) is 9.52. The molecule has 0 aliphatic rings. The fourth-order valence-electron chi connectivity index (χ4n) is 0.945. The van der Waals surface area contributed by atoms with E-state index in [9.17, 15) is 0 Å². The van der Waals surface area contributed by atoms with Crippen molar-refractivity contribution in [1.82, 2.24) is 4.72 Å². The van der Waals surface area contributed by atoms with Gasteiger partial charge in [-0.25, -0.2) is 0 Å². The maximum Gasteiger partial charge on any atom is 0.161 e. The number of rotatable bonds is 5. The average molecular weight is 199 g/mol. The van der Waals surface area contributed by atoms with Gasteiger partial charge in [0.1, 0.15) is 6.61 Å². The highest BCUT2D eigenvalue weighted by molar-refractivity contribution is 7.78. The number of ether oxygens (including phenoxy) is 2. The second-order valence-corrected chi connectivity index (χ2v) is 2.72. The van der Waals surface area contributed by atoms with Gasteiger partial charge in [0.25, 0.3) is 0 Å². The maximum atomic E-state index is 5.43. The summed E-state index contributed by atoms with van der Waals surface area (Å²) in [5.74, 6) is 1.51. The van der Waals surface area contributed by atoms with E-state index in [2.05, 4.69) is 17.5 Å². The number of benzene rings is 1. The van der Waals surface area contributed by atoms with Crippen LogP contribution in [-0.2, 0) is 0 Å². The molecule has 3 nitrogen and oxygen atoms in total. The number of hydrogen-bond acceptors (Lipinski definition) is 4. The minimum atomic E-state index is 0.573. The van der Waals surface area contributed by atoms with Gasteiger partial charge < -0.3 is 9.47 Å². The first-order chi connectivity index (χ1) is 6.38. The zero-order valence-corrected chi connectivity index (χ0v) is 8.38. The summed E-state index contributed by atoms with van der Waals surface area (Å²) in [6.07, 6.45) is 0. The number of nitrogens with one attached hydrogen (secondary N) is 1. The Kier molecular flexibility index (Phi) is 4.49. The summed E-state index contributed by atoms with van der Waals surface area (Å²) >= 11 is 3.85. The molecule has 0 unspecified atom stereocenters. The summed E-state index contributed by atoms with van der Waals surface area (Å²) in [5.41, 5.74) is 0. The molecule has 72 valence electrons. The fourth-order valence-corrected chi connectivity index (χ4v) is 1.04. The number of hydrogen-bond donors (Lipinski definition) is 2. The molecule has 0 aliphatic heterocycles. The van der Waals surface area contributed by atoms with Crippen LogP contribution in [-0.4, -0.2) is 20.3 Å². The van der Waals surface area contributed by atoms with E-state index in [1.165, 1.54) is 0 Å². The Bertz CT molecular complexity index is 255. The van der Waals surface area contributed by atoms with Crippen molar-refractivity contribution < 1.29 is 9.47 Å². The van der Waals surface area contributed by atoms with Gasteiger partial charge in [0.2, 0.25) is 0 Å². The summed E-state index contributed by atoms with van der Waals surface area (Å²) in [6.45, 7) is 1.27. The highest BCUT2D eigenvalue weighted by atomic mass is 32.1. The quantitative estimate of drug-likeness (QED) is 0.556. The molecule has 0 atom stereocenters. The molecule has 1 rings (SSSR count). The van der Waals surface area contributed by atoms with E-state index in [4.69, 9.17) is 9.47 Å². The lowest BCUT2D eigenvalue weighted by Gasteiger charge is -2.09. The lowest BCUT2D eigenvalue weighted by Crippen LogP contribution is -2.12. The molecule has 0 amide bonds. The van der Waals surface area contributed by atoms with Crippen molar-refractivity contribution in [1.29, 1.82) is 0 Å². The zero-order valence-electron chi connectivity index (χ0n) is 7.49. The van der Waals surface area contributed by atoms with Gasteiger partial charge in [0.05, 0.1) is 7.11 Å². The first kappa shape index (κ1) is 10.2. The molecule has 4 heteroatoms. The lowest BCUT2D eigenvalue weighted by atomic mass is 10.3. The van der Waals surface area contributed by atoms with Crippen LogP contribution in [0.3, 0.4) is 0 Å². The molecule has 13 heavy (non-hydrogen) atoms. The Morgan fingerprint density at radius 3 is 2.62 bits per heavy atom. The predicted octanol–water partition coefficient (Wildman–Crippen LogP) is 1.51. The molecule has 1 aromatic carbocycles. The normalized spacial score (nSPS) is 9.69. The summed E-state index contributed by atoms with van der Waals surface area (Å²) in [6, 6.07) is 7.55. The SMILES string of the molecule is COc1ccccc1OCCNS. The number of thiol groups is 1. The van der Waals surface area contributed by atoms with Crippen LogP contribution in [0.5, 0.6) is 11.5 Å². The molecule has 0 spiro atoms. The van der Waals surface area contributed by atoms with Gasteiger partial charge in [-0.3, -0.25) is 4.72 Å². The van der Waals surface area contributed by atoms with Gasteiger partial charge in [0.15, 0.2) is 11.5 Å². The van der Waals surface area contributed by atoms with E-state index in [-0.39, 0.29) is 0 Å². The fraction of sp³-hybridized carbons (Fsp3) is 0.333. The van der Waals surface area contributed by atoms with Gasteiger partial charge >= 0.3 is 0 Å². The monoisotopic (exact) mass is 199 g/mol. The summed E-state index contributed by atoms with van der Waals surface area (Å²) in [5, 5.41) is 0. The van der Waals surface area contributed by atoms with Crippen LogP contribution in [0.4, 0.5) is 0 Å². The van der Waals surface area contributed by atoms with E-state index in [0.717, 1.165) is 11.5 Å². The Hall–Kier alpha value is -0.870. The predicted molar refractivity (Wildman–Crippen MR) is 55.5 cm³/mol. The first-order valence-corrected chi connectivity index (χ1v) is 4.46. The van der Waals surface area contributed by atoms with Crippen molar-refractivity contribution >= 4 is 12.8 Å². The van der Waals surface area contributed by atoms with Gasteiger partial charge in [0, 0.05) is 6.54 Å². The van der Waals surface area contributed by atoms with E-state index in [0.29, 0.717) is 13.2 Å². The third kappa shape index (κ3) is 3.16. The van der Waals surface area contributed by atoms with Crippen LogP contribution in [0, 0.1) is 0 Å². The second kappa shape index (κ2) is 5.72. The number of methoxy groups -OCH3 is 1. The Labute approximate surface area is 83.6 Å². The topological polar surface area (TPSA) is 30.5 Å². The van der Waals surface area contributed by atoms with Gasteiger partial charge in [-0.2, -0.15) is 0 Å². The molecule has 0 radical (unpaired) electrons. The van der Waals surface area contributed by atoms with E-state index < -0.39 is 0 Å². The smallest absolute Gasteiger partial charge is 0.161 e. The van der Waals surface area contributed by atoms with Gasteiger partial charge in [-0.15, -0.1) is 0 Å². The van der Waals surface area contributed by atoms with Crippen LogP contribution in [0.25, 0.3) is 0 Å². The van der Waals surface area contributed by atoms with Crippen molar-refractivity contribution in [3.05, 3.63) is 24.3 Å². The molecular formula is C9H13NO2S. The van der Waals surface area contributed by atoms with Crippen molar-refractivity contribution in [3.8, 4) is 11.5 Å². The first-order valence-electron chi connectivity index (χ1n) is 4.01. The Morgan fingerprint density at radius 2 is 2.00 bits per heavy atom. The van der Waals surface area contributed by atoms with Crippen molar-refractivity contribution in [2.75, 3.05) is 20.3 Å². The van der Waals surface area contributed by atoms with E-state index >= 15 is 0 Å². The van der Waals surface area contributed by atoms with Crippen molar-refractivity contribution in [2.24, 2.45) is 0 Å². The standard InChI is InChI=1S/C9H13NO2S/c1-11-8-4-2-3-5-9(8)12-7-6-10-13/h2-5,10,13H,6-7H2,1H3. The molecule has 0 aromatic heterocycles. The van der Waals surface area contributed by atoms with E-state index in [1.807, 2.05) is 24.3 Å². The van der Waals surface area contributed by atoms with E-state index in [1.54, 1.807) is 7.11 Å². The maximum absolute atomic E-state index is 5.43. The van der Waals surface area contributed by atoms with Crippen LogP contribution < -0.4 is 14.2 Å². The van der Waals surface area contributed by atoms with Crippen LogP contribution in [0.1, 0.15) is 0 Å². The average Bonchev–Trinajstić information content (AvgIpc) is 2.19. The third-order valence-electron chi connectivity index (χ3n) is 1.54. The Morgan fingerprint density at radius 1 is 1.31 bits per heavy atom. The van der Waals surface area contributed by atoms with Crippen LogP contribution >= 0.6 is 12.8 Å². The largest absolute Gasteiger partial charge is 0.493 e. The Balaban J connectivity index is 2.54. The molecule has 0 saturated heterocycles. The third-order valence-corrected chi connectivity index (χ3v) is 1.76. The van der Waals surface area contributed by atoms with Crippen LogP contribution in [0.15, 0.2) is 24.3 Å². The van der Waals surface area contributed by atoms with Crippen LogP contribution in [0.2, 0.25) is 0 Å². The molecule has 0 bridgehead atoms. The second-order valence-electron chi connectivity index (χ2n) is 2.41. The summed E-state index contributed by atoms with van der Waals surface area (Å²) < 4.78 is 13.2. The molecule has 0 heterocycles. The molecule has 0 aliphatic carbocycles. The van der Waals surface area contributed by atoms with Crippen molar-refractivity contribution in [2.45, 2.75) is 0 Å². The molecule has 1 aromatic rings. The summed E-state index contributed by atoms with van der Waals surface area (Å²) in [4.78, 5) is 0. The van der Waals surface area contributed by atoms with Gasteiger partial charge in [-0.05, 0) is 12.1 Å². The highest BCUT2D eigenvalue weighted by Gasteiger charge is 2.00. The molecule has 0 fully saturated rings. The van der Waals surface area contributed by atoms with Gasteiger partial charge in [-0.1, -0.05) is 24.9 Å². The minimum Gasteiger partial charge on any atom is -0.493 e. The molecule has 1 N–H and O–H groups in total.